The largest absolute Gasteiger partial charge is 0.492 e. The van der Waals surface area contributed by atoms with Crippen molar-refractivity contribution in [2.75, 3.05) is 13.2 Å². The van der Waals surface area contributed by atoms with Gasteiger partial charge >= 0.3 is 5.97 Å². The molecule has 0 spiro atoms. The standard InChI is InChI=1S/C27H31NO4/c1-3-16-32-26-23(27(30)31)15-14-22(20-10-6-4-7-11-20)24(26)17-19(2)28-18-25(29)21-12-8-5-9-13-21/h4-15,19,25,28-29H,3,16-18H2,1-2H3,(H,30,31)/t19-,25+/m1/s1. The Labute approximate surface area is 189 Å². The van der Waals surface area contributed by atoms with Crippen LogP contribution < -0.4 is 10.1 Å². The van der Waals surface area contributed by atoms with Gasteiger partial charge in [-0.3, -0.25) is 0 Å². The second-order valence-electron chi connectivity index (χ2n) is 7.93. The minimum Gasteiger partial charge on any atom is -0.492 e. The molecule has 0 bridgehead atoms. The molecule has 3 aromatic carbocycles. The van der Waals surface area contributed by atoms with Crippen LogP contribution in [0, 0.1) is 0 Å². The molecular formula is C27H31NO4. The highest BCUT2D eigenvalue weighted by Crippen LogP contribution is 2.35. The normalized spacial score (nSPS) is 12.8. The maximum Gasteiger partial charge on any atom is 0.339 e. The minimum absolute atomic E-state index is 0.0103. The molecule has 0 aliphatic carbocycles. The van der Waals surface area contributed by atoms with E-state index in [9.17, 15) is 15.0 Å². The Morgan fingerprint density at radius 3 is 2.28 bits per heavy atom. The molecular weight excluding hydrogens is 402 g/mol. The zero-order valence-electron chi connectivity index (χ0n) is 18.6. The number of aliphatic hydroxyl groups excluding tert-OH is 1. The molecule has 0 fully saturated rings. The minimum atomic E-state index is -1.00. The van der Waals surface area contributed by atoms with Crippen LogP contribution in [0.4, 0.5) is 0 Å². The molecule has 0 saturated carbocycles. The number of hydrogen-bond acceptors (Lipinski definition) is 4. The second-order valence-corrected chi connectivity index (χ2v) is 7.93. The highest BCUT2D eigenvalue weighted by Gasteiger charge is 2.22. The molecule has 0 heterocycles. The lowest BCUT2D eigenvalue weighted by Gasteiger charge is -2.22. The number of benzene rings is 3. The summed E-state index contributed by atoms with van der Waals surface area (Å²) in [5.74, 6) is -0.574. The quantitative estimate of drug-likeness (QED) is 0.392. The lowest BCUT2D eigenvalue weighted by molar-refractivity contribution is 0.0692. The Balaban J connectivity index is 1.89. The van der Waals surface area contributed by atoms with Crippen LogP contribution >= 0.6 is 0 Å². The molecule has 5 heteroatoms. The van der Waals surface area contributed by atoms with E-state index in [0.29, 0.717) is 25.3 Å². The first kappa shape index (κ1) is 23.5. The first-order valence-electron chi connectivity index (χ1n) is 11.0. The summed E-state index contributed by atoms with van der Waals surface area (Å²) < 4.78 is 5.98. The number of nitrogens with one attached hydrogen (secondary N) is 1. The van der Waals surface area contributed by atoms with Gasteiger partial charge in [-0.2, -0.15) is 0 Å². The van der Waals surface area contributed by atoms with Crippen molar-refractivity contribution in [1.29, 1.82) is 0 Å². The second kappa shape index (κ2) is 11.5. The molecule has 3 N–H and O–H groups in total. The van der Waals surface area contributed by atoms with E-state index in [2.05, 4.69) is 5.32 Å². The van der Waals surface area contributed by atoms with E-state index < -0.39 is 12.1 Å². The zero-order valence-corrected chi connectivity index (χ0v) is 18.6. The van der Waals surface area contributed by atoms with E-state index in [0.717, 1.165) is 28.7 Å². The van der Waals surface area contributed by atoms with Crippen LogP contribution in [0.15, 0.2) is 72.8 Å². The molecule has 0 amide bonds. The number of ether oxygens (including phenoxy) is 1. The van der Waals surface area contributed by atoms with E-state index in [-0.39, 0.29) is 11.6 Å². The summed E-state index contributed by atoms with van der Waals surface area (Å²) in [5, 5.41) is 23.6. The average molecular weight is 434 g/mol. The number of aromatic carboxylic acids is 1. The fourth-order valence-electron chi connectivity index (χ4n) is 3.74. The van der Waals surface area contributed by atoms with Crippen molar-refractivity contribution in [3.63, 3.8) is 0 Å². The lowest BCUT2D eigenvalue weighted by Crippen LogP contribution is -2.32. The van der Waals surface area contributed by atoms with Crippen LogP contribution in [-0.4, -0.2) is 35.4 Å². The molecule has 168 valence electrons. The topological polar surface area (TPSA) is 78.8 Å². The third-order valence-corrected chi connectivity index (χ3v) is 5.38. The summed E-state index contributed by atoms with van der Waals surface area (Å²) in [6.07, 6.45) is 0.727. The molecule has 3 aromatic rings. The molecule has 0 radical (unpaired) electrons. The molecule has 0 aliphatic heterocycles. The van der Waals surface area contributed by atoms with Crippen LogP contribution in [0.5, 0.6) is 5.75 Å². The molecule has 5 nitrogen and oxygen atoms in total. The Morgan fingerprint density at radius 1 is 1.00 bits per heavy atom. The monoisotopic (exact) mass is 433 g/mol. The Kier molecular flexibility index (Phi) is 8.42. The summed E-state index contributed by atoms with van der Waals surface area (Å²) in [5.41, 5.74) is 3.86. The van der Waals surface area contributed by atoms with E-state index in [1.165, 1.54) is 0 Å². The Bertz CT molecular complexity index is 1000. The average Bonchev–Trinajstić information content (AvgIpc) is 2.82. The SMILES string of the molecule is CCCOc1c(C(=O)O)ccc(-c2ccccc2)c1C[C@@H](C)NC[C@H](O)c1ccccc1. The predicted molar refractivity (Wildman–Crippen MR) is 127 cm³/mol. The summed E-state index contributed by atoms with van der Waals surface area (Å²) in [4.78, 5) is 11.9. The summed E-state index contributed by atoms with van der Waals surface area (Å²) in [6.45, 7) is 4.87. The van der Waals surface area contributed by atoms with Gasteiger partial charge in [-0.05, 0) is 42.5 Å². The van der Waals surface area contributed by atoms with Crippen LogP contribution in [0.2, 0.25) is 0 Å². The van der Waals surface area contributed by atoms with Gasteiger partial charge in [0.25, 0.3) is 0 Å². The number of carboxylic acids is 1. The predicted octanol–water partition coefficient (Wildman–Crippen LogP) is 5.09. The van der Waals surface area contributed by atoms with Crippen molar-refractivity contribution in [3.05, 3.63) is 89.5 Å². The van der Waals surface area contributed by atoms with Gasteiger partial charge in [0.2, 0.25) is 0 Å². The third kappa shape index (κ3) is 5.96. The van der Waals surface area contributed by atoms with E-state index in [4.69, 9.17) is 4.74 Å². The van der Waals surface area contributed by atoms with Gasteiger partial charge in [0.05, 0.1) is 12.7 Å². The van der Waals surface area contributed by atoms with Gasteiger partial charge in [-0.25, -0.2) is 4.79 Å². The van der Waals surface area contributed by atoms with Crippen molar-refractivity contribution >= 4 is 5.97 Å². The van der Waals surface area contributed by atoms with Crippen LogP contribution in [0.1, 0.15) is 47.9 Å². The van der Waals surface area contributed by atoms with Gasteiger partial charge in [-0.15, -0.1) is 0 Å². The molecule has 0 aromatic heterocycles. The third-order valence-electron chi connectivity index (χ3n) is 5.38. The maximum absolute atomic E-state index is 11.9. The number of carboxylic acid groups (broad SMARTS) is 1. The fraction of sp³-hybridized carbons (Fsp3) is 0.296. The molecule has 0 saturated heterocycles. The highest BCUT2D eigenvalue weighted by molar-refractivity contribution is 5.93. The van der Waals surface area contributed by atoms with Gasteiger partial charge in [-0.1, -0.05) is 73.7 Å². The summed E-state index contributed by atoms with van der Waals surface area (Å²) in [6, 6.07) is 22.9. The molecule has 2 atom stereocenters. The number of carbonyl (C=O) groups is 1. The Morgan fingerprint density at radius 2 is 1.66 bits per heavy atom. The summed E-state index contributed by atoms with van der Waals surface area (Å²) in [7, 11) is 0. The summed E-state index contributed by atoms with van der Waals surface area (Å²) >= 11 is 0. The van der Waals surface area contributed by atoms with E-state index in [1.54, 1.807) is 6.07 Å². The van der Waals surface area contributed by atoms with Gasteiger partial charge in [0.1, 0.15) is 11.3 Å². The first-order valence-corrected chi connectivity index (χ1v) is 11.0. The number of hydrogen-bond donors (Lipinski definition) is 3. The van der Waals surface area contributed by atoms with Gasteiger partial charge in [0, 0.05) is 18.2 Å². The lowest BCUT2D eigenvalue weighted by atomic mass is 9.92. The van der Waals surface area contributed by atoms with Gasteiger partial charge in [0.15, 0.2) is 0 Å². The van der Waals surface area contributed by atoms with Crippen molar-refractivity contribution in [1.82, 2.24) is 5.32 Å². The first-order chi connectivity index (χ1) is 15.5. The van der Waals surface area contributed by atoms with Crippen LogP contribution in [0.3, 0.4) is 0 Å². The van der Waals surface area contributed by atoms with Crippen molar-refractivity contribution in [3.8, 4) is 16.9 Å². The van der Waals surface area contributed by atoms with Gasteiger partial charge < -0.3 is 20.3 Å². The molecule has 0 unspecified atom stereocenters. The molecule has 3 rings (SSSR count). The van der Waals surface area contributed by atoms with E-state index in [1.807, 2.05) is 80.6 Å². The van der Waals surface area contributed by atoms with Crippen LogP contribution in [-0.2, 0) is 6.42 Å². The smallest absolute Gasteiger partial charge is 0.339 e. The highest BCUT2D eigenvalue weighted by atomic mass is 16.5. The number of rotatable bonds is 11. The van der Waals surface area contributed by atoms with E-state index >= 15 is 0 Å². The zero-order chi connectivity index (χ0) is 22.9. The van der Waals surface area contributed by atoms with Crippen molar-refractivity contribution in [2.24, 2.45) is 0 Å². The molecule has 32 heavy (non-hydrogen) atoms. The van der Waals surface area contributed by atoms with Crippen molar-refractivity contribution < 1.29 is 19.7 Å². The Hall–Kier alpha value is -3.15. The van der Waals surface area contributed by atoms with Crippen molar-refractivity contribution in [2.45, 2.75) is 38.8 Å². The van der Waals surface area contributed by atoms with Crippen LogP contribution in [0.25, 0.3) is 11.1 Å². The molecule has 0 aliphatic rings. The number of aliphatic hydroxyl groups is 1. The maximum atomic E-state index is 11.9. The fourth-order valence-corrected chi connectivity index (χ4v) is 3.74.